The zero-order valence-corrected chi connectivity index (χ0v) is 12.0. The van der Waals surface area contributed by atoms with E-state index in [9.17, 15) is 4.79 Å². The number of amides is 1. The number of carbonyl (C=O) groups is 1. The van der Waals surface area contributed by atoms with Crippen LogP contribution >= 0.6 is 0 Å². The van der Waals surface area contributed by atoms with Crippen LogP contribution in [0.1, 0.15) is 44.1 Å². The van der Waals surface area contributed by atoms with Crippen LogP contribution in [-0.2, 0) is 0 Å². The Bertz CT molecular complexity index is 422. The summed E-state index contributed by atoms with van der Waals surface area (Å²) in [5.74, 6) is -0.0684. The molecular formula is C15H23N3O. The maximum Gasteiger partial charge on any atom is 0.270 e. The summed E-state index contributed by atoms with van der Waals surface area (Å²) in [6, 6.07) is 5.99. The van der Waals surface area contributed by atoms with Gasteiger partial charge in [-0.25, -0.2) is 0 Å². The van der Waals surface area contributed by atoms with Crippen LogP contribution in [0, 0.1) is 0 Å². The molecule has 1 N–H and O–H groups in total. The summed E-state index contributed by atoms with van der Waals surface area (Å²) in [4.78, 5) is 18.7. The third-order valence-electron chi connectivity index (χ3n) is 3.94. The molecule has 1 aromatic rings. The van der Waals surface area contributed by atoms with Gasteiger partial charge in [0, 0.05) is 30.9 Å². The third kappa shape index (κ3) is 3.53. The molecule has 0 unspecified atom stereocenters. The fraction of sp³-hybridized carbons (Fsp3) is 0.600. The molecule has 104 valence electrons. The fourth-order valence-corrected chi connectivity index (χ4v) is 2.49. The van der Waals surface area contributed by atoms with Crippen molar-refractivity contribution in [2.45, 2.75) is 45.2 Å². The predicted molar refractivity (Wildman–Crippen MR) is 76.1 cm³/mol. The van der Waals surface area contributed by atoms with Crippen molar-refractivity contribution in [3.8, 4) is 0 Å². The van der Waals surface area contributed by atoms with Crippen molar-refractivity contribution in [3.05, 3.63) is 30.1 Å². The first kappa shape index (κ1) is 14.0. The highest BCUT2D eigenvalue weighted by Crippen LogP contribution is 2.23. The maximum absolute atomic E-state index is 12.1. The number of aromatic nitrogens is 1. The molecule has 0 bridgehead atoms. The minimum absolute atomic E-state index is 0.0684. The van der Waals surface area contributed by atoms with Gasteiger partial charge in [0.05, 0.1) is 0 Å². The van der Waals surface area contributed by atoms with Crippen LogP contribution in [0.25, 0.3) is 0 Å². The van der Waals surface area contributed by atoms with E-state index in [2.05, 4.69) is 36.0 Å². The predicted octanol–water partition coefficient (Wildman–Crippen LogP) is 2.07. The Kier molecular flexibility index (Phi) is 4.20. The summed E-state index contributed by atoms with van der Waals surface area (Å²) >= 11 is 0. The topological polar surface area (TPSA) is 45.2 Å². The number of carbonyl (C=O) groups excluding carboxylic acids is 1. The number of hydrogen-bond acceptors (Lipinski definition) is 3. The molecule has 1 aromatic heterocycles. The van der Waals surface area contributed by atoms with Crippen LogP contribution in [0.5, 0.6) is 0 Å². The average molecular weight is 261 g/mol. The number of nitrogens with one attached hydrogen (secondary N) is 1. The first-order chi connectivity index (χ1) is 9.00. The number of hydrogen-bond donors (Lipinski definition) is 1. The van der Waals surface area contributed by atoms with E-state index in [0.29, 0.717) is 11.7 Å². The Morgan fingerprint density at radius 3 is 2.58 bits per heavy atom. The van der Waals surface area contributed by atoms with E-state index >= 15 is 0 Å². The van der Waals surface area contributed by atoms with Crippen LogP contribution in [0.15, 0.2) is 24.4 Å². The second kappa shape index (κ2) is 5.70. The molecule has 4 nitrogen and oxygen atoms in total. The van der Waals surface area contributed by atoms with E-state index in [1.807, 2.05) is 12.1 Å². The van der Waals surface area contributed by atoms with Crippen molar-refractivity contribution in [3.63, 3.8) is 0 Å². The molecule has 0 aliphatic carbocycles. The minimum Gasteiger partial charge on any atom is -0.345 e. The van der Waals surface area contributed by atoms with E-state index in [-0.39, 0.29) is 11.4 Å². The van der Waals surface area contributed by atoms with Crippen molar-refractivity contribution < 1.29 is 4.79 Å². The van der Waals surface area contributed by atoms with E-state index in [1.54, 1.807) is 12.3 Å². The van der Waals surface area contributed by atoms with Crippen LogP contribution in [-0.4, -0.2) is 40.5 Å². The molecule has 4 heteroatoms. The summed E-state index contributed by atoms with van der Waals surface area (Å²) in [7, 11) is 0. The van der Waals surface area contributed by atoms with Gasteiger partial charge in [-0.3, -0.25) is 9.78 Å². The molecule has 1 amide bonds. The Labute approximate surface area is 115 Å². The van der Waals surface area contributed by atoms with Crippen LogP contribution < -0.4 is 5.32 Å². The quantitative estimate of drug-likeness (QED) is 0.906. The number of pyridine rings is 1. The van der Waals surface area contributed by atoms with Gasteiger partial charge in [0.25, 0.3) is 5.91 Å². The van der Waals surface area contributed by atoms with E-state index in [4.69, 9.17) is 0 Å². The molecule has 2 heterocycles. The summed E-state index contributed by atoms with van der Waals surface area (Å²) in [6.45, 7) is 8.64. The third-order valence-corrected chi connectivity index (χ3v) is 3.94. The summed E-state index contributed by atoms with van der Waals surface area (Å²) < 4.78 is 0. The Morgan fingerprint density at radius 2 is 2.05 bits per heavy atom. The molecule has 2 rings (SSSR count). The Morgan fingerprint density at radius 1 is 1.37 bits per heavy atom. The largest absolute Gasteiger partial charge is 0.345 e. The van der Waals surface area contributed by atoms with Crippen molar-refractivity contribution in [1.82, 2.24) is 15.2 Å². The molecule has 0 atom stereocenters. The SMILES string of the molecule is CC(C)N1CCC(C)(NC(=O)c2ccccn2)CC1. The van der Waals surface area contributed by atoms with Gasteiger partial charge in [0.15, 0.2) is 0 Å². The summed E-state index contributed by atoms with van der Waals surface area (Å²) in [6.07, 6.45) is 3.63. The highest BCUT2D eigenvalue weighted by molar-refractivity contribution is 5.92. The molecule has 1 aliphatic rings. The molecule has 0 aromatic carbocycles. The molecular weight excluding hydrogens is 238 g/mol. The first-order valence-corrected chi connectivity index (χ1v) is 6.98. The molecule has 19 heavy (non-hydrogen) atoms. The van der Waals surface area contributed by atoms with Crippen molar-refractivity contribution in [2.75, 3.05) is 13.1 Å². The number of rotatable bonds is 3. The van der Waals surface area contributed by atoms with E-state index in [0.717, 1.165) is 25.9 Å². The van der Waals surface area contributed by atoms with Gasteiger partial charge in [0.2, 0.25) is 0 Å². The van der Waals surface area contributed by atoms with Crippen molar-refractivity contribution in [2.24, 2.45) is 0 Å². The van der Waals surface area contributed by atoms with E-state index in [1.165, 1.54) is 0 Å². The molecule has 0 saturated carbocycles. The van der Waals surface area contributed by atoms with Gasteiger partial charge in [-0.15, -0.1) is 0 Å². The minimum atomic E-state index is -0.111. The second-order valence-electron chi connectivity index (χ2n) is 5.86. The molecule has 1 fully saturated rings. The van der Waals surface area contributed by atoms with E-state index < -0.39 is 0 Å². The zero-order chi connectivity index (χ0) is 13.9. The Balaban J connectivity index is 1.94. The van der Waals surface area contributed by atoms with Gasteiger partial charge in [-0.05, 0) is 45.7 Å². The van der Waals surface area contributed by atoms with Crippen LogP contribution in [0.3, 0.4) is 0 Å². The standard InChI is InChI=1S/C15H23N3O/c1-12(2)18-10-7-15(3,8-11-18)17-14(19)13-6-4-5-9-16-13/h4-6,9,12H,7-8,10-11H2,1-3H3,(H,17,19). The number of nitrogens with zero attached hydrogens (tertiary/aromatic N) is 2. The second-order valence-corrected chi connectivity index (χ2v) is 5.86. The highest BCUT2D eigenvalue weighted by atomic mass is 16.2. The smallest absolute Gasteiger partial charge is 0.270 e. The lowest BCUT2D eigenvalue weighted by atomic mass is 9.89. The normalized spacial score (nSPS) is 19.4. The maximum atomic E-state index is 12.1. The first-order valence-electron chi connectivity index (χ1n) is 6.98. The zero-order valence-electron chi connectivity index (χ0n) is 12.0. The molecule has 0 radical (unpaired) electrons. The lowest BCUT2D eigenvalue weighted by Crippen LogP contribution is -2.54. The van der Waals surface area contributed by atoms with Crippen LogP contribution in [0.4, 0.5) is 0 Å². The van der Waals surface area contributed by atoms with Gasteiger partial charge in [-0.1, -0.05) is 6.07 Å². The Hall–Kier alpha value is -1.42. The average Bonchev–Trinajstić information content (AvgIpc) is 2.40. The number of likely N-dealkylation sites (tertiary alicyclic amines) is 1. The van der Waals surface area contributed by atoms with Gasteiger partial charge in [-0.2, -0.15) is 0 Å². The monoisotopic (exact) mass is 261 g/mol. The van der Waals surface area contributed by atoms with Gasteiger partial charge < -0.3 is 10.2 Å². The van der Waals surface area contributed by atoms with Gasteiger partial charge >= 0.3 is 0 Å². The lowest BCUT2D eigenvalue weighted by Gasteiger charge is -2.41. The molecule has 0 spiro atoms. The lowest BCUT2D eigenvalue weighted by molar-refractivity contribution is 0.0797. The molecule has 1 saturated heterocycles. The number of piperidine rings is 1. The van der Waals surface area contributed by atoms with Gasteiger partial charge in [0.1, 0.15) is 5.69 Å². The van der Waals surface area contributed by atoms with Crippen molar-refractivity contribution >= 4 is 5.91 Å². The fourth-order valence-electron chi connectivity index (χ4n) is 2.49. The highest BCUT2D eigenvalue weighted by Gasteiger charge is 2.32. The summed E-state index contributed by atoms with van der Waals surface area (Å²) in [5.41, 5.74) is 0.384. The summed E-state index contributed by atoms with van der Waals surface area (Å²) in [5, 5.41) is 3.14. The molecule has 1 aliphatic heterocycles. The van der Waals surface area contributed by atoms with Crippen molar-refractivity contribution in [1.29, 1.82) is 0 Å². The van der Waals surface area contributed by atoms with Crippen LogP contribution in [0.2, 0.25) is 0 Å².